The zero-order chi connectivity index (χ0) is 14.3. The molecule has 0 saturated carbocycles. The van der Waals surface area contributed by atoms with Crippen LogP contribution in [-0.2, 0) is 0 Å². The van der Waals surface area contributed by atoms with Gasteiger partial charge >= 0.3 is 5.97 Å². The van der Waals surface area contributed by atoms with Crippen LogP contribution in [0.1, 0.15) is 10.4 Å². The van der Waals surface area contributed by atoms with Crippen molar-refractivity contribution in [1.29, 1.82) is 0 Å². The fourth-order valence-corrected chi connectivity index (χ4v) is 2.76. The van der Waals surface area contributed by atoms with Crippen molar-refractivity contribution in [3.63, 3.8) is 0 Å². The Bertz CT molecular complexity index is 804. The Morgan fingerprint density at radius 1 is 1.05 bits per heavy atom. The highest BCUT2D eigenvalue weighted by atomic mass is 35.5. The van der Waals surface area contributed by atoms with Gasteiger partial charge in [0, 0.05) is 22.2 Å². The van der Waals surface area contributed by atoms with Gasteiger partial charge in [-0.05, 0) is 36.4 Å². The molecule has 100 valence electrons. The van der Waals surface area contributed by atoms with Crippen LogP contribution in [0.4, 0.5) is 0 Å². The van der Waals surface area contributed by atoms with E-state index in [1.807, 2.05) is 6.07 Å². The second-order valence-corrected chi connectivity index (χ2v) is 5.20. The van der Waals surface area contributed by atoms with Crippen molar-refractivity contribution in [3.05, 3.63) is 58.1 Å². The Balaban J connectivity index is 2.21. The van der Waals surface area contributed by atoms with Crippen LogP contribution in [0.5, 0.6) is 0 Å². The molecule has 1 heterocycles. The molecule has 1 aromatic heterocycles. The number of halogens is 2. The number of hydrogen-bond acceptors (Lipinski definition) is 1. The van der Waals surface area contributed by atoms with Gasteiger partial charge in [-0.25, -0.2) is 4.79 Å². The van der Waals surface area contributed by atoms with Crippen LogP contribution < -0.4 is 0 Å². The third-order valence-electron chi connectivity index (χ3n) is 3.10. The number of fused-ring (bicyclic) bond motifs is 1. The van der Waals surface area contributed by atoms with Gasteiger partial charge in [0.25, 0.3) is 0 Å². The molecule has 0 spiro atoms. The van der Waals surface area contributed by atoms with Crippen LogP contribution in [0.3, 0.4) is 0 Å². The first-order valence-corrected chi connectivity index (χ1v) is 6.62. The van der Waals surface area contributed by atoms with Gasteiger partial charge in [-0.1, -0.05) is 29.3 Å². The topological polar surface area (TPSA) is 53.1 Å². The number of carboxylic acids is 1. The molecule has 0 unspecified atom stereocenters. The first-order chi connectivity index (χ1) is 9.56. The summed E-state index contributed by atoms with van der Waals surface area (Å²) in [5.74, 6) is -0.953. The Kier molecular flexibility index (Phi) is 3.16. The van der Waals surface area contributed by atoms with E-state index < -0.39 is 5.97 Å². The van der Waals surface area contributed by atoms with Crippen molar-refractivity contribution < 1.29 is 9.90 Å². The Morgan fingerprint density at radius 2 is 1.75 bits per heavy atom. The molecule has 3 rings (SSSR count). The van der Waals surface area contributed by atoms with Crippen LogP contribution in [0.15, 0.2) is 42.5 Å². The van der Waals surface area contributed by atoms with Gasteiger partial charge < -0.3 is 10.1 Å². The second kappa shape index (κ2) is 4.85. The molecular formula is C15H9Cl2NO2. The van der Waals surface area contributed by atoms with Gasteiger partial charge in [0.1, 0.15) is 0 Å². The molecule has 0 saturated heterocycles. The molecule has 0 amide bonds. The molecule has 20 heavy (non-hydrogen) atoms. The zero-order valence-electron chi connectivity index (χ0n) is 10.2. The monoisotopic (exact) mass is 305 g/mol. The number of hydrogen-bond donors (Lipinski definition) is 2. The molecule has 0 aliphatic heterocycles. The summed E-state index contributed by atoms with van der Waals surface area (Å²) in [6.45, 7) is 0. The number of benzene rings is 2. The van der Waals surface area contributed by atoms with Crippen molar-refractivity contribution in [2.75, 3.05) is 0 Å². The highest BCUT2D eigenvalue weighted by molar-refractivity contribution is 6.39. The molecule has 3 nitrogen and oxygen atoms in total. The van der Waals surface area contributed by atoms with E-state index in [9.17, 15) is 4.79 Å². The summed E-state index contributed by atoms with van der Waals surface area (Å²) in [7, 11) is 0. The largest absolute Gasteiger partial charge is 0.478 e. The highest BCUT2D eigenvalue weighted by Gasteiger charge is 2.12. The van der Waals surface area contributed by atoms with Gasteiger partial charge in [-0.2, -0.15) is 0 Å². The Morgan fingerprint density at radius 3 is 2.40 bits per heavy atom. The fraction of sp³-hybridized carbons (Fsp3) is 0. The SMILES string of the molecule is O=C(O)c1ccc2[nH]c(-c3c(Cl)cccc3Cl)cc2c1. The molecule has 0 atom stereocenters. The third kappa shape index (κ3) is 2.15. The van der Waals surface area contributed by atoms with E-state index in [1.165, 1.54) is 0 Å². The number of rotatable bonds is 2. The van der Waals surface area contributed by atoms with Gasteiger partial charge in [0.2, 0.25) is 0 Å². The van der Waals surface area contributed by atoms with E-state index >= 15 is 0 Å². The van der Waals surface area contributed by atoms with E-state index in [2.05, 4.69) is 4.98 Å². The lowest BCUT2D eigenvalue weighted by Gasteiger charge is -2.03. The molecule has 3 aromatic rings. The molecule has 2 N–H and O–H groups in total. The quantitative estimate of drug-likeness (QED) is 0.711. The van der Waals surface area contributed by atoms with Gasteiger partial charge in [0.05, 0.1) is 15.6 Å². The molecule has 0 bridgehead atoms. The first kappa shape index (κ1) is 13.0. The summed E-state index contributed by atoms with van der Waals surface area (Å²) >= 11 is 12.3. The van der Waals surface area contributed by atoms with E-state index in [0.29, 0.717) is 15.6 Å². The number of aromatic amines is 1. The average molecular weight is 306 g/mol. The lowest BCUT2D eigenvalue weighted by atomic mass is 10.1. The Labute approximate surface area is 124 Å². The maximum absolute atomic E-state index is 11.0. The third-order valence-corrected chi connectivity index (χ3v) is 3.73. The van der Waals surface area contributed by atoms with E-state index in [0.717, 1.165) is 16.6 Å². The van der Waals surface area contributed by atoms with Crippen LogP contribution in [0, 0.1) is 0 Å². The molecule has 0 aliphatic rings. The maximum atomic E-state index is 11.0. The lowest BCUT2D eigenvalue weighted by molar-refractivity contribution is 0.0697. The number of aromatic nitrogens is 1. The normalized spacial score (nSPS) is 10.9. The molecule has 0 aliphatic carbocycles. The highest BCUT2D eigenvalue weighted by Crippen LogP contribution is 2.35. The molecule has 0 fully saturated rings. The number of nitrogens with one attached hydrogen (secondary N) is 1. The fourth-order valence-electron chi connectivity index (χ4n) is 2.16. The average Bonchev–Trinajstić information content (AvgIpc) is 2.80. The molecular weight excluding hydrogens is 297 g/mol. The molecule has 5 heteroatoms. The molecule has 2 aromatic carbocycles. The minimum Gasteiger partial charge on any atom is -0.478 e. The summed E-state index contributed by atoms with van der Waals surface area (Å²) in [6, 6.07) is 12.0. The number of H-pyrrole nitrogens is 1. The first-order valence-electron chi connectivity index (χ1n) is 5.87. The molecule has 0 radical (unpaired) electrons. The maximum Gasteiger partial charge on any atom is 0.335 e. The summed E-state index contributed by atoms with van der Waals surface area (Å²) in [5.41, 5.74) is 2.55. The van der Waals surface area contributed by atoms with E-state index in [4.69, 9.17) is 28.3 Å². The predicted octanol–water partition coefficient (Wildman–Crippen LogP) is 4.84. The number of aromatic carboxylic acids is 1. The van der Waals surface area contributed by atoms with Crippen molar-refractivity contribution in [1.82, 2.24) is 4.98 Å². The zero-order valence-corrected chi connectivity index (χ0v) is 11.7. The number of carboxylic acid groups (broad SMARTS) is 1. The van der Waals surface area contributed by atoms with Crippen LogP contribution in [0.2, 0.25) is 10.0 Å². The predicted molar refractivity (Wildman–Crippen MR) is 80.7 cm³/mol. The van der Waals surface area contributed by atoms with E-state index in [1.54, 1.807) is 36.4 Å². The van der Waals surface area contributed by atoms with Crippen LogP contribution >= 0.6 is 23.2 Å². The minimum atomic E-state index is -0.953. The lowest BCUT2D eigenvalue weighted by Crippen LogP contribution is -1.94. The van der Waals surface area contributed by atoms with Crippen molar-refractivity contribution in [3.8, 4) is 11.3 Å². The van der Waals surface area contributed by atoms with Gasteiger partial charge in [-0.3, -0.25) is 0 Å². The Hall–Kier alpha value is -1.97. The number of carbonyl (C=O) groups is 1. The van der Waals surface area contributed by atoms with Gasteiger partial charge in [0.15, 0.2) is 0 Å². The van der Waals surface area contributed by atoms with E-state index in [-0.39, 0.29) is 5.56 Å². The van der Waals surface area contributed by atoms with Crippen molar-refractivity contribution in [2.45, 2.75) is 0 Å². The minimum absolute atomic E-state index is 0.244. The van der Waals surface area contributed by atoms with Gasteiger partial charge in [-0.15, -0.1) is 0 Å². The smallest absolute Gasteiger partial charge is 0.335 e. The van der Waals surface area contributed by atoms with Crippen LogP contribution in [-0.4, -0.2) is 16.1 Å². The van der Waals surface area contributed by atoms with Crippen LogP contribution in [0.25, 0.3) is 22.2 Å². The van der Waals surface area contributed by atoms with Crippen molar-refractivity contribution >= 4 is 40.1 Å². The standard InChI is InChI=1S/C15H9Cl2NO2/c16-10-2-1-3-11(17)14(10)13-7-9-6-8(15(19)20)4-5-12(9)18-13/h1-7,18H,(H,19,20). The summed E-state index contributed by atoms with van der Waals surface area (Å²) in [4.78, 5) is 14.2. The summed E-state index contributed by atoms with van der Waals surface area (Å²) in [5, 5.41) is 10.9. The second-order valence-electron chi connectivity index (χ2n) is 4.39. The summed E-state index contributed by atoms with van der Waals surface area (Å²) in [6.07, 6.45) is 0. The summed E-state index contributed by atoms with van der Waals surface area (Å²) < 4.78 is 0. The van der Waals surface area contributed by atoms with Crippen molar-refractivity contribution in [2.24, 2.45) is 0 Å².